The fourth-order valence-corrected chi connectivity index (χ4v) is 3.49. The predicted octanol–water partition coefficient (Wildman–Crippen LogP) is 1.09. The van der Waals surface area contributed by atoms with Crippen LogP contribution >= 0.6 is 0 Å². The maximum absolute atomic E-state index is 12.0. The molecule has 0 aliphatic heterocycles. The van der Waals surface area contributed by atoms with E-state index in [4.69, 9.17) is 0 Å². The molecule has 0 radical (unpaired) electrons. The molecule has 1 heterocycles. The molecule has 104 valence electrons. The highest BCUT2D eigenvalue weighted by atomic mass is 32.2. The Labute approximate surface area is 109 Å². The first-order valence-electron chi connectivity index (χ1n) is 6.07. The highest BCUT2D eigenvalue weighted by Gasteiger charge is 2.26. The molecule has 0 amide bonds. The highest BCUT2D eigenvalue weighted by molar-refractivity contribution is 7.89. The quantitative estimate of drug-likeness (QED) is 0.842. The zero-order chi connectivity index (χ0) is 13.9. The Hall–Kier alpha value is -0.950. The van der Waals surface area contributed by atoms with Crippen LogP contribution in [0.15, 0.2) is 6.33 Å². The van der Waals surface area contributed by atoms with Gasteiger partial charge in [-0.3, -0.25) is 4.68 Å². The Morgan fingerprint density at radius 2 is 1.94 bits per heavy atom. The summed E-state index contributed by atoms with van der Waals surface area (Å²) in [6.45, 7) is 7.67. The fourth-order valence-electron chi connectivity index (χ4n) is 1.75. The van der Waals surface area contributed by atoms with Gasteiger partial charge in [0.25, 0.3) is 0 Å². The second kappa shape index (κ2) is 5.79. The predicted molar refractivity (Wildman–Crippen MR) is 70.3 cm³/mol. The molecule has 1 atom stereocenters. The SMILES string of the molecule is CC(C)CS(=O)(=O)NC(c1ncnn1C)C(C)C. The summed E-state index contributed by atoms with van der Waals surface area (Å²) in [5.41, 5.74) is 0. The van der Waals surface area contributed by atoms with E-state index < -0.39 is 10.0 Å². The van der Waals surface area contributed by atoms with Crippen molar-refractivity contribution in [3.05, 3.63) is 12.2 Å². The Morgan fingerprint density at radius 1 is 1.33 bits per heavy atom. The van der Waals surface area contributed by atoms with Crippen molar-refractivity contribution >= 4 is 10.0 Å². The van der Waals surface area contributed by atoms with E-state index in [-0.39, 0.29) is 23.6 Å². The Morgan fingerprint density at radius 3 is 2.33 bits per heavy atom. The van der Waals surface area contributed by atoms with Gasteiger partial charge in [0.2, 0.25) is 10.0 Å². The van der Waals surface area contributed by atoms with E-state index in [9.17, 15) is 8.42 Å². The molecule has 0 aliphatic rings. The summed E-state index contributed by atoms with van der Waals surface area (Å²) >= 11 is 0. The Kier molecular flexibility index (Phi) is 4.86. The first-order chi connectivity index (χ1) is 8.23. The van der Waals surface area contributed by atoms with E-state index in [1.807, 2.05) is 27.7 Å². The van der Waals surface area contributed by atoms with Crippen LogP contribution in [0.25, 0.3) is 0 Å². The standard InChI is InChI=1S/C11H22N4O2S/c1-8(2)6-18(16,17)14-10(9(3)4)11-12-7-13-15(11)5/h7-10,14H,6H2,1-5H3. The van der Waals surface area contributed by atoms with Crippen molar-refractivity contribution in [1.82, 2.24) is 19.5 Å². The van der Waals surface area contributed by atoms with Gasteiger partial charge in [0.15, 0.2) is 0 Å². The molecule has 0 aliphatic carbocycles. The monoisotopic (exact) mass is 274 g/mol. The van der Waals surface area contributed by atoms with Crippen LogP contribution in [0.1, 0.15) is 39.6 Å². The highest BCUT2D eigenvalue weighted by Crippen LogP contribution is 2.20. The number of hydrogen-bond acceptors (Lipinski definition) is 4. The fraction of sp³-hybridized carbons (Fsp3) is 0.818. The Bertz CT molecular complexity index is 479. The van der Waals surface area contributed by atoms with Crippen molar-refractivity contribution in [1.29, 1.82) is 0 Å². The lowest BCUT2D eigenvalue weighted by Crippen LogP contribution is -2.36. The van der Waals surface area contributed by atoms with Crippen LogP contribution in [0.3, 0.4) is 0 Å². The van der Waals surface area contributed by atoms with E-state index in [1.54, 1.807) is 11.7 Å². The number of hydrogen-bond donors (Lipinski definition) is 1. The van der Waals surface area contributed by atoms with Crippen molar-refractivity contribution in [3.8, 4) is 0 Å². The molecule has 0 saturated heterocycles. The number of nitrogens with zero attached hydrogens (tertiary/aromatic N) is 3. The molecule has 0 fully saturated rings. The zero-order valence-corrected chi connectivity index (χ0v) is 12.4. The van der Waals surface area contributed by atoms with Gasteiger partial charge in [0, 0.05) is 7.05 Å². The molecule has 7 heteroatoms. The minimum absolute atomic E-state index is 0.0924. The summed E-state index contributed by atoms with van der Waals surface area (Å²) in [5, 5.41) is 3.98. The van der Waals surface area contributed by atoms with E-state index in [2.05, 4.69) is 14.8 Å². The molecule has 1 N–H and O–H groups in total. The minimum Gasteiger partial charge on any atom is -0.252 e. The van der Waals surface area contributed by atoms with Gasteiger partial charge >= 0.3 is 0 Å². The molecule has 1 unspecified atom stereocenters. The van der Waals surface area contributed by atoms with Crippen LogP contribution in [0.2, 0.25) is 0 Å². The number of rotatable bonds is 6. The second-order valence-electron chi connectivity index (χ2n) is 5.26. The van der Waals surface area contributed by atoms with E-state index in [0.717, 1.165) is 0 Å². The van der Waals surface area contributed by atoms with Gasteiger partial charge < -0.3 is 0 Å². The molecule has 1 aromatic heterocycles. The lowest BCUT2D eigenvalue weighted by Gasteiger charge is -2.21. The smallest absolute Gasteiger partial charge is 0.212 e. The average molecular weight is 274 g/mol. The molecule has 0 bridgehead atoms. The molecule has 0 saturated carbocycles. The van der Waals surface area contributed by atoms with Crippen molar-refractivity contribution < 1.29 is 8.42 Å². The topological polar surface area (TPSA) is 76.9 Å². The summed E-state index contributed by atoms with van der Waals surface area (Å²) in [7, 11) is -1.54. The minimum atomic E-state index is -3.30. The zero-order valence-electron chi connectivity index (χ0n) is 11.6. The third kappa shape index (κ3) is 4.06. The van der Waals surface area contributed by atoms with Crippen molar-refractivity contribution in [2.45, 2.75) is 33.7 Å². The van der Waals surface area contributed by atoms with Crippen LogP contribution in [-0.2, 0) is 17.1 Å². The van der Waals surface area contributed by atoms with E-state index in [1.165, 1.54) is 6.33 Å². The van der Waals surface area contributed by atoms with Crippen molar-refractivity contribution in [2.24, 2.45) is 18.9 Å². The maximum atomic E-state index is 12.0. The van der Waals surface area contributed by atoms with Gasteiger partial charge in [-0.05, 0) is 11.8 Å². The van der Waals surface area contributed by atoms with Crippen LogP contribution < -0.4 is 4.72 Å². The number of aryl methyl sites for hydroxylation is 1. The molecule has 1 aromatic rings. The molecular formula is C11H22N4O2S. The number of aromatic nitrogens is 3. The third-order valence-electron chi connectivity index (χ3n) is 2.55. The Balaban J connectivity index is 2.93. The lowest BCUT2D eigenvalue weighted by atomic mass is 10.1. The summed E-state index contributed by atoms with van der Waals surface area (Å²) in [5.74, 6) is 0.954. The number of sulfonamides is 1. The molecule has 18 heavy (non-hydrogen) atoms. The molecule has 1 rings (SSSR count). The van der Waals surface area contributed by atoms with Crippen molar-refractivity contribution in [2.75, 3.05) is 5.75 Å². The summed E-state index contributed by atoms with van der Waals surface area (Å²) < 4.78 is 28.3. The van der Waals surface area contributed by atoms with Gasteiger partial charge in [-0.1, -0.05) is 27.7 Å². The molecular weight excluding hydrogens is 252 g/mol. The van der Waals surface area contributed by atoms with Gasteiger partial charge in [-0.25, -0.2) is 18.1 Å². The van der Waals surface area contributed by atoms with Crippen LogP contribution in [0.5, 0.6) is 0 Å². The maximum Gasteiger partial charge on any atom is 0.212 e. The normalized spacial score (nSPS) is 14.4. The van der Waals surface area contributed by atoms with Crippen LogP contribution in [0.4, 0.5) is 0 Å². The largest absolute Gasteiger partial charge is 0.252 e. The number of nitrogens with one attached hydrogen (secondary N) is 1. The van der Waals surface area contributed by atoms with Gasteiger partial charge in [-0.15, -0.1) is 0 Å². The summed E-state index contributed by atoms with van der Waals surface area (Å²) in [6, 6.07) is -0.346. The molecule has 0 spiro atoms. The summed E-state index contributed by atoms with van der Waals surface area (Å²) in [6.07, 6.45) is 1.43. The second-order valence-corrected chi connectivity index (χ2v) is 7.06. The van der Waals surface area contributed by atoms with Gasteiger partial charge in [-0.2, -0.15) is 5.10 Å². The molecule has 6 nitrogen and oxygen atoms in total. The average Bonchev–Trinajstić information content (AvgIpc) is 2.58. The van der Waals surface area contributed by atoms with Crippen LogP contribution in [0, 0.1) is 11.8 Å². The first kappa shape index (κ1) is 15.1. The van der Waals surface area contributed by atoms with E-state index in [0.29, 0.717) is 5.82 Å². The first-order valence-corrected chi connectivity index (χ1v) is 7.72. The lowest BCUT2D eigenvalue weighted by molar-refractivity contribution is 0.427. The summed E-state index contributed by atoms with van der Waals surface area (Å²) in [4.78, 5) is 4.13. The third-order valence-corrected chi connectivity index (χ3v) is 4.27. The molecule has 0 aromatic carbocycles. The van der Waals surface area contributed by atoms with Gasteiger partial charge in [0.05, 0.1) is 11.8 Å². The van der Waals surface area contributed by atoms with Crippen LogP contribution in [-0.4, -0.2) is 28.9 Å². The van der Waals surface area contributed by atoms with E-state index >= 15 is 0 Å². The van der Waals surface area contributed by atoms with Gasteiger partial charge in [0.1, 0.15) is 12.2 Å². The van der Waals surface area contributed by atoms with Crippen molar-refractivity contribution in [3.63, 3.8) is 0 Å².